The van der Waals surface area contributed by atoms with Gasteiger partial charge in [0.1, 0.15) is 17.5 Å². The summed E-state index contributed by atoms with van der Waals surface area (Å²) in [5.41, 5.74) is 3.73. The predicted molar refractivity (Wildman–Crippen MR) is 105 cm³/mol. The number of nitrogens with zero attached hydrogens (tertiary/aromatic N) is 3. The number of nitrogens with one attached hydrogen (secondary N) is 1. The van der Waals surface area contributed by atoms with Gasteiger partial charge in [0.15, 0.2) is 0 Å². The number of benzene rings is 2. The van der Waals surface area contributed by atoms with Crippen molar-refractivity contribution in [3.05, 3.63) is 78.8 Å². The van der Waals surface area contributed by atoms with Crippen molar-refractivity contribution in [1.29, 1.82) is 5.26 Å². The van der Waals surface area contributed by atoms with Crippen molar-refractivity contribution < 1.29 is 4.79 Å². The van der Waals surface area contributed by atoms with Crippen LogP contribution in [0.4, 0.5) is 5.69 Å². The van der Waals surface area contributed by atoms with E-state index in [0.717, 1.165) is 9.36 Å². The lowest BCUT2D eigenvalue weighted by molar-refractivity contribution is -0.120. The van der Waals surface area contributed by atoms with Crippen molar-refractivity contribution in [2.24, 2.45) is 5.73 Å². The van der Waals surface area contributed by atoms with E-state index >= 15 is 0 Å². The minimum atomic E-state index is -1.87. The number of halogens is 1. The summed E-state index contributed by atoms with van der Waals surface area (Å²) in [6, 6.07) is 13.3. The number of hydrogen-bond acceptors (Lipinski definition) is 5. The Hall–Kier alpha value is -3.64. The van der Waals surface area contributed by atoms with Crippen molar-refractivity contribution in [3.63, 3.8) is 0 Å². The third-order valence-corrected chi connectivity index (χ3v) is 5.86. The van der Waals surface area contributed by atoms with Gasteiger partial charge >= 0.3 is 0 Å². The fourth-order valence-corrected chi connectivity index (χ4v) is 4.74. The molecule has 1 amide bonds. The van der Waals surface area contributed by atoms with Crippen LogP contribution in [0.3, 0.4) is 0 Å². The normalized spacial score (nSPS) is 19.6. The van der Waals surface area contributed by atoms with Gasteiger partial charge in [-0.15, -0.1) is 0 Å². The molecule has 2 aliphatic rings. The molecule has 0 fully saturated rings. The second-order valence-corrected chi connectivity index (χ2v) is 7.33. The van der Waals surface area contributed by atoms with Gasteiger partial charge in [-0.25, -0.2) is 4.68 Å². The van der Waals surface area contributed by atoms with Gasteiger partial charge in [0.2, 0.25) is 5.54 Å². The number of anilines is 1. The minimum absolute atomic E-state index is 0.142. The Bertz CT molecular complexity index is 1440. The average molecular weight is 436 g/mol. The Morgan fingerprint density at radius 3 is 2.39 bits per heavy atom. The molecule has 8 nitrogen and oxygen atoms in total. The highest BCUT2D eigenvalue weighted by Crippen LogP contribution is 2.49. The summed E-state index contributed by atoms with van der Waals surface area (Å²) in [4.78, 5) is 39.8. The van der Waals surface area contributed by atoms with Crippen LogP contribution in [0.25, 0.3) is 16.6 Å². The van der Waals surface area contributed by atoms with Gasteiger partial charge in [-0.05, 0) is 24.3 Å². The topological polar surface area (TPSA) is 123 Å². The molecule has 2 aromatic carbocycles. The Labute approximate surface area is 165 Å². The molecule has 2 aliphatic heterocycles. The lowest BCUT2D eigenvalue weighted by Gasteiger charge is -2.26. The van der Waals surface area contributed by atoms with Crippen LogP contribution < -0.4 is 22.2 Å². The van der Waals surface area contributed by atoms with E-state index in [0.29, 0.717) is 15.7 Å². The SMILES string of the molecule is N#CC1=C(N)n2c(=O)c3ccccc3c(=O)n2C12C(=O)Nc1cccc(Br)c12. The molecule has 1 spiro atoms. The third-order valence-electron chi connectivity index (χ3n) is 5.20. The van der Waals surface area contributed by atoms with E-state index in [1.54, 1.807) is 30.3 Å². The molecule has 0 bridgehead atoms. The molecular weight excluding hydrogens is 426 g/mol. The summed E-state index contributed by atoms with van der Waals surface area (Å²) in [5, 5.41) is 12.9. The minimum Gasteiger partial charge on any atom is -0.383 e. The zero-order valence-electron chi connectivity index (χ0n) is 14.1. The Balaban J connectivity index is 2.10. The number of carbonyl (C=O) groups is 1. The summed E-state index contributed by atoms with van der Waals surface area (Å²) in [7, 11) is 0. The molecule has 9 heteroatoms. The van der Waals surface area contributed by atoms with Gasteiger partial charge in [-0.3, -0.25) is 14.4 Å². The molecule has 1 unspecified atom stereocenters. The summed E-state index contributed by atoms with van der Waals surface area (Å²) in [6.07, 6.45) is 0. The van der Waals surface area contributed by atoms with Crippen molar-refractivity contribution in [1.82, 2.24) is 9.36 Å². The van der Waals surface area contributed by atoms with Crippen LogP contribution in [-0.2, 0) is 10.3 Å². The van der Waals surface area contributed by atoms with E-state index in [9.17, 15) is 19.6 Å². The van der Waals surface area contributed by atoms with E-state index < -0.39 is 22.6 Å². The zero-order chi connectivity index (χ0) is 19.8. The number of rotatable bonds is 0. The van der Waals surface area contributed by atoms with E-state index in [2.05, 4.69) is 21.2 Å². The molecule has 136 valence electrons. The van der Waals surface area contributed by atoms with Crippen molar-refractivity contribution in [2.45, 2.75) is 5.54 Å². The highest BCUT2D eigenvalue weighted by molar-refractivity contribution is 9.10. The number of aromatic nitrogens is 2. The molecule has 0 aliphatic carbocycles. The fourth-order valence-electron chi connectivity index (χ4n) is 4.08. The van der Waals surface area contributed by atoms with Crippen molar-refractivity contribution >= 4 is 44.1 Å². The summed E-state index contributed by atoms with van der Waals surface area (Å²) in [5.74, 6) is -0.869. The van der Waals surface area contributed by atoms with Gasteiger partial charge in [0.25, 0.3) is 17.0 Å². The Morgan fingerprint density at radius 1 is 1.04 bits per heavy atom. The van der Waals surface area contributed by atoms with E-state index in [4.69, 9.17) is 5.73 Å². The van der Waals surface area contributed by atoms with Gasteiger partial charge in [-0.1, -0.05) is 34.1 Å². The first-order chi connectivity index (χ1) is 13.4. The molecule has 3 heterocycles. The second-order valence-electron chi connectivity index (χ2n) is 6.48. The number of fused-ring (bicyclic) bond motifs is 5. The molecule has 0 saturated heterocycles. The molecule has 28 heavy (non-hydrogen) atoms. The number of amides is 1. The molecule has 0 radical (unpaired) electrons. The molecule has 3 aromatic rings. The highest BCUT2D eigenvalue weighted by atomic mass is 79.9. The standard InChI is InChI=1S/C19H10BrN5O3/c20-12-6-3-7-13-14(12)19(18(28)23-13)11(8-21)15(22)24-16(26)9-4-1-2-5-10(9)17(27)25(19)24/h1-7H,22H2,(H,23,28). The number of nitrogens with two attached hydrogens (primary N) is 1. The van der Waals surface area contributed by atoms with Crippen LogP contribution in [0.15, 0.2) is 62.1 Å². The first-order valence-corrected chi connectivity index (χ1v) is 9.02. The zero-order valence-corrected chi connectivity index (χ0v) is 15.6. The lowest BCUT2D eigenvalue weighted by atomic mass is 9.84. The predicted octanol–water partition coefficient (Wildman–Crippen LogP) is 1.29. The average Bonchev–Trinajstić information content (AvgIpc) is 3.13. The van der Waals surface area contributed by atoms with Gasteiger partial charge in [0, 0.05) is 15.7 Å². The molecular formula is C19H10BrN5O3. The first kappa shape index (κ1) is 16.5. The molecule has 5 rings (SSSR count). The third kappa shape index (κ3) is 1.62. The number of hydrogen-bond donors (Lipinski definition) is 2. The van der Waals surface area contributed by atoms with Crippen LogP contribution in [0.1, 0.15) is 5.56 Å². The summed E-state index contributed by atoms with van der Waals surface area (Å²) >= 11 is 3.41. The monoisotopic (exact) mass is 435 g/mol. The van der Waals surface area contributed by atoms with E-state index in [1.165, 1.54) is 12.1 Å². The Kier molecular flexibility index (Phi) is 3.07. The van der Waals surface area contributed by atoms with Crippen LogP contribution >= 0.6 is 15.9 Å². The number of nitriles is 1. The smallest absolute Gasteiger partial charge is 0.279 e. The fraction of sp³-hybridized carbons (Fsp3) is 0.0526. The van der Waals surface area contributed by atoms with Gasteiger partial charge in [-0.2, -0.15) is 9.94 Å². The van der Waals surface area contributed by atoms with Crippen LogP contribution in [0.5, 0.6) is 0 Å². The Morgan fingerprint density at radius 2 is 1.71 bits per heavy atom. The maximum Gasteiger partial charge on any atom is 0.279 e. The maximum absolute atomic E-state index is 13.4. The lowest BCUT2D eigenvalue weighted by Crippen LogP contribution is -2.51. The maximum atomic E-state index is 13.4. The summed E-state index contributed by atoms with van der Waals surface area (Å²) in [6.45, 7) is 0. The largest absolute Gasteiger partial charge is 0.383 e. The van der Waals surface area contributed by atoms with Crippen LogP contribution in [0.2, 0.25) is 0 Å². The highest BCUT2D eigenvalue weighted by Gasteiger charge is 2.59. The first-order valence-electron chi connectivity index (χ1n) is 8.23. The summed E-state index contributed by atoms with van der Waals surface area (Å²) < 4.78 is 2.43. The van der Waals surface area contributed by atoms with E-state index in [1.807, 2.05) is 6.07 Å². The van der Waals surface area contributed by atoms with Gasteiger partial charge in [0.05, 0.1) is 10.8 Å². The number of carbonyl (C=O) groups excluding carboxylic acids is 1. The van der Waals surface area contributed by atoms with Crippen LogP contribution in [0, 0.1) is 11.3 Å². The second kappa shape index (κ2) is 5.21. The molecule has 0 saturated carbocycles. The quantitative estimate of drug-likeness (QED) is 0.550. The van der Waals surface area contributed by atoms with E-state index in [-0.39, 0.29) is 22.2 Å². The van der Waals surface area contributed by atoms with Gasteiger partial charge < -0.3 is 11.1 Å². The molecule has 3 N–H and O–H groups in total. The van der Waals surface area contributed by atoms with Crippen LogP contribution in [-0.4, -0.2) is 15.3 Å². The molecule has 1 atom stereocenters. The van der Waals surface area contributed by atoms with Crippen molar-refractivity contribution in [2.75, 3.05) is 5.32 Å². The molecule has 1 aromatic heterocycles. The van der Waals surface area contributed by atoms with Crippen molar-refractivity contribution in [3.8, 4) is 6.07 Å².